The number of carbonyl (C=O) groups is 1. The molecule has 0 saturated carbocycles. The molecule has 1 aromatic heterocycles. The van der Waals surface area contributed by atoms with E-state index in [9.17, 15) is 4.79 Å². The fourth-order valence-electron chi connectivity index (χ4n) is 1.69. The van der Waals surface area contributed by atoms with E-state index < -0.39 is 0 Å². The van der Waals surface area contributed by atoms with E-state index in [-0.39, 0.29) is 5.78 Å². The van der Waals surface area contributed by atoms with Crippen molar-refractivity contribution in [2.75, 3.05) is 12.4 Å². The van der Waals surface area contributed by atoms with Crippen LogP contribution in [-0.2, 0) is 4.79 Å². The molecule has 21 heavy (non-hydrogen) atoms. The lowest BCUT2D eigenvalue weighted by Crippen LogP contribution is -2.04. The van der Waals surface area contributed by atoms with Crippen LogP contribution in [0.1, 0.15) is 37.0 Å². The molecule has 3 nitrogen and oxygen atoms in total. The molecule has 1 heterocycles. The third-order valence-electron chi connectivity index (χ3n) is 3.01. The summed E-state index contributed by atoms with van der Waals surface area (Å²) in [5, 5.41) is 14.5. The Kier molecular flexibility index (Phi) is 6.82. The summed E-state index contributed by atoms with van der Waals surface area (Å²) in [6.07, 6.45) is 0.667. The lowest BCUT2D eigenvalue weighted by molar-refractivity contribution is -0.116. The zero-order valence-electron chi connectivity index (χ0n) is 13.0. The van der Waals surface area contributed by atoms with Crippen LogP contribution >= 0.6 is 11.3 Å². The summed E-state index contributed by atoms with van der Waals surface area (Å²) < 4.78 is 0. The number of ketones is 1. The van der Waals surface area contributed by atoms with Gasteiger partial charge in [-0.25, -0.2) is 0 Å². The van der Waals surface area contributed by atoms with Crippen LogP contribution in [0.25, 0.3) is 0 Å². The van der Waals surface area contributed by atoms with Crippen LogP contribution in [-0.4, -0.2) is 18.5 Å². The topological polar surface area (TPSA) is 53.0 Å². The molecule has 0 atom stereocenters. The van der Waals surface area contributed by atoms with E-state index in [1.807, 2.05) is 51.2 Å². The van der Waals surface area contributed by atoms with E-state index in [4.69, 9.17) is 5.41 Å². The van der Waals surface area contributed by atoms with Crippen LogP contribution in [0.4, 0.5) is 5.00 Å². The SMILES string of the molecule is CCC(C)=O.CNc1scc(C)c1C(=N)c1ccccc1. The molecule has 0 aliphatic heterocycles. The minimum atomic E-state index is 0.255. The number of hydrogen-bond donors (Lipinski definition) is 2. The van der Waals surface area contributed by atoms with Crippen LogP contribution in [0, 0.1) is 12.3 Å². The number of anilines is 1. The second kappa shape index (κ2) is 8.37. The van der Waals surface area contributed by atoms with Gasteiger partial charge in [-0.1, -0.05) is 37.3 Å². The van der Waals surface area contributed by atoms with Crippen LogP contribution < -0.4 is 5.32 Å². The van der Waals surface area contributed by atoms with Crippen molar-refractivity contribution in [2.45, 2.75) is 27.2 Å². The van der Waals surface area contributed by atoms with Gasteiger partial charge in [0.2, 0.25) is 0 Å². The van der Waals surface area contributed by atoms with Crippen molar-refractivity contribution in [3.63, 3.8) is 0 Å². The zero-order chi connectivity index (χ0) is 15.8. The normalized spacial score (nSPS) is 9.52. The highest BCUT2D eigenvalue weighted by Crippen LogP contribution is 2.29. The molecular formula is C17H22N2OS. The molecule has 2 aromatic rings. The van der Waals surface area contributed by atoms with Crippen molar-refractivity contribution in [3.05, 3.63) is 52.4 Å². The Balaban J connectivity index is 0.000000383. The standard InChI is InChI=1S/C13H14N2S.C4H8O/c1-9-8-16-13(15-2)11(9)12(14)10-6-4-3-5-7-10;1-3-4(2)5/h3-8,14-15H,1-2H3;3H2,1-2H3. The molecule has 0 bridgehead atoms. The molecule has 0 radical (unpaired) electrons. The first-order valence-electron chi connectivity index (χ1n) is 6.90. The van der Waals surface area contributed by atoms with Crippen molar-refractivity contribution in [3.8, 4) is 0 Å². The van der Waals surface area contributed by atoms with Gasteiger partial charge in [-0.15, -0.1) is 11.3 Å². The quantitative estimate of drug-likeness (QED) is 0.817. The molecule has 0 fully saturated rings. The number of benzene rings is 1. The second-order valence-corrected chi connectivity index (χ2v) is 5.55. The van der Waals surface area contributed by atoms with Crippen molar-refractivity contribution < 1.29 is 4.79 Å². The summed E-state index contributed by atoms with van der Waals surface area (Å²) in [5.74, 6) is 0.255. The van der Waals surface area contributed by atoms with Gasteiger partial charge in [0, 0.05) is 24.6 Å². The fourth-order valence-corrected chi connectivity index (χ4v) is 2.60. The summed E-state index contributed by atoms with van der Waals surface area (Å²) in [5.41, 5.74) is 3.71. The Labute approximate surface area is 130 Å². The number of rotatable bonds is 4. The van der Waals surface area contributed by atoms with Gasteiger partial charge in [0.1, 0.15) is 5.78 Å². The van der Waals surface area contributed by atoms with Crippen molar-refractivity contribution >= 4 is 27.8 Å². The Hall–Kier alpha value is -1.94. The molecule has 0 saturated heterocycles. The number of thiophene rings is 1. The Morgan fingerprint density at radius 1 is 1.29 bits per heavy atom. The molecule has 112 valence electrons. The number of Topliss-reactive ketones (excluding diaryl/α,β-unsaturated/α-hetero) is 1. The van der Waals surface area contributed by atoms with Crippen LogP contribution in [0.2, 0.25) is 0 Å². The van der Waals surface area contributed by atoms with Crippen molar-refractivity contribution in [1.29, 1.82) is 5.41 Å². The van der Waals surface area contributed by atoms with Crippen LogP contribution in [0.15, 0.2) is 35.7 Å². The third-order valence-corrected chi connectivity index (χ3v) is 4.13. The van der Waals surface area contributed by atoms with Gasteiger partial charge in [-0.2, -0.15) is 0 Å². The molecule has 2 rings (SSSR count). The van der Waals surface area contributed by atoms with Crippen molar-refractivity contribution in [2.24, 2.45) is 0 Å². The minimum Gasteiger partial charge on any atom is -0.379 e. The smallest absolute Gasteiger partial charge is 0.129 e. The molecular weight excluding hydrogens is 280 g/mol. The average Bonchev–Trinajstić information content (AvgIpc) is 2.88. The molecule has 2 N–H and O–H groups in total. The molecule has 0 unspecified atom stereocenters. The van der Waals surface area contributed by atoms with Gasteiger partial charge in [0.05, 0.1) is 10.7 Å². The Morgan fingerprint density at radius 2 is 1.86 bits per heavy atom. The maximum absolute atomic E-state index is 9.81. The van der Waals surface area contributed by atoms with Gasteiger partial charge in [0.15, 0.2) is 0 Å². The number of nitrogens with one attached hydrogen (secondary N) is 2. The summed E-state index contributed by atoms with van der Waals surface area (Å²) in [7, 11) is 1.90. The largest absolute Gasteiger partial charge is 0.379 e. The van der Waals surface area contributed by atoms with E-state index >= 15 is 0 Å². The van der Waals surface area contributed by atoms with E-state index in [1.54, 1.807) is 18.3 Å². The predicted molar refractivity (Wildman–Crippen MR) is 91.9 cm³/mol. The number of aryl methyl sites for hydroxylation is 1. The molecule has 1 aromatic carbocycles. The van der Waals surface area contributed by atoms with Gasteiger partial charge >= 0.3 is 0 Å². The van der Waals surface area contributed by atoms with Crippen LogP contribution in [0.5, 0.6) is 0 Å². The summed E-state index contributed by atoms with van der Waals surface area (Å²) in [4.78, 5) is 9.81. The highest BCUT2D eigenvalue weighted by atomic mass is 32.1. The maximum Gasteiger partial charge on any atom is 0.129 e. The van der Waals surface area contributed by atoms with Crippen LogP contribution in [0.3, 0.4) is 0 Å². The average molecular weight is 302 g/mol. The first kappa shape index (κ1) is 17.1. The Morgan fingerprint density at radius 3 is 2.33 bits per heavy atom. The highest BCUT2D eigenvalue weighted by molar-refractivity contribution is 7.14. The minimum absolute atomic E-state index is 0.255. The molecule has 0 amide bonds. The third kappa shape index (κ3) is 4.83. The summed E-state index contributed by atoms with van der Waals surface area (Å²) in [6.45, 7) is 5.48. The summed E-state index contributed by atoms with van der Waals surface area (Å²) in [6, 6.07) is 9.84. The van der Waals surface area contributed by atoms with Gasteiger partial charge in [-0.3, -0.25) is 5.41 Å². The van der Waals surface area contributed by atoms with E-state index in [2.05, 4.69) is 10.7 Å². The second-order valence-electron chi connectivity index (χ2n) is 4.67. The fraction of sp³-hybridized carbons (Fsp3) is 0.294. The first-order valence-corrected chi connectivity index (χ1v) is 7.78. The maximum atomic E-state index is 9.81. The number of carbonyl (C=O) groups excluding carboxylic acids is 1. The van der Waals surface area contributed by atoms with Gasteiger partial charge in [-0.05, 0) is 24.8 Å². The highest BCUT2D eigenvalue weighted by Gasteiger charge is 2.13. The lowest BCUT2D eigenvalue weighted by atomic mass is 10.0. The monoisotopic (exact) mass is 302 g/mol. The molecule has 0 aliphatic rings. The zero-order valence-corrected chi connectivity index (χ0v) is 13.8. The van der Waals surface area contributed by atoms with E-state index in [0.29, 0.717) is 12.1 Å². The van der Waals surface area contributed by atoms with E-state index in [1.165, 1.54) is 0 Å². The first-order chi connectivity index (χ1) is 10.0. The predicted octanol–water partition coefficient (Wildman–Crippen LogP) is 4.50. The number of hydrogen-bond acceptors (Lipinski definition) is 4. The molecule has 4 heteroatoms. The summed E-state index contributed by atoms with van der Waals surface area (Å²) >= 11 is 1.65. The molecule has 0 aliphatic carbocycles. The lowest BCUT2D eigenvalue weighted by Gasteiger charge is -2.07. The van der Waals surface area contributed by atoms with E-state index in [0.717, 1.165) is 21.7 Å². The molecule has 0 spiro atoms. The Bertz CT molecular complexity index is 603. The van der Waals surface area contributed by atoms with Gasteiger partial charge in [0.25, 0.3) is 0 Å². The van der Waals surface area contributed by atoms with Gasteiger partial charge < -0.3 is 10.1 Å². The van der Waals surface area contributed by atoms with Crippen molar-refractivity contribution in [1.82, 2.24) is 0 Å².